The predicted octanol–water partition coefficient (Wildman–Crippen LogP) is 4.28. The van der Waals surface area contributed by atoms with Gasteiger partial charge in [0.05, 0.1) is 19.3 Å². The summed E-state index contributed by atoms with van der Waals surface area (Å²) in [5.41, 5.74) is 3.66. The fourth-order valence-electron chi connectivity index (χ4n) is 2.62. The molecule has 0 spiro atoms. The van der Waals surface area contributed by atoms with Crippen LogP contribution in [0.5, 0.6) is 5.75 Å². The van der Waals surface area contributed by atoms with Gasteiger partial charge in [0.1, 0.15) is 6.26 Å². The molecule has 0 aliphatic rings. The van der Waals surface area contributed by atoms with E-state index < -0.39 is 5.82 Å². The lowest BCUT2D eigenvalue weighted by molar-refractivity contribution is 0.386. The number of ether oxygens (including phenoxy) is 1. The van der Waals surface area contributed by atoms with Crippen molar-refractivity contribution in [1.82, 2.24) is 15.6 Å². The van der Waals surface area contributed by atoms with E-state index in [1.54, 1.807) is 25.4 Å². The molecule has 154 valence electrons. The van der Waals surface area contributed by atoms with Crippen LogP contribution in [-0.4, -0.2) is 25.1 Å². The van der Waals surface area contributed by atoms with Crippen molar-refractivity contribution in [2.24, 2.45) is 4.99 Å². The summed E-state index contributed by atoms with van der Waals surface area (Å²) in [6.45, 7) is 2.91. The van der Waals surface area contributed by atoms with Crippen LogP contribution < -0.4 is 15.4 Å². The number of oxazole rings is 1. The lowest BCUT2D eigenvalue weighted by Gasteiger charge is -2.11. The number of hydrogen-bond acceptors (Lipinski definition) is 4. The Morgan fingerprint density at radius 2 is 1.86 bits per heavy atom. The van der Waals surface area contributed by atoms with Crippen molar-refractivity contribution in [1.29, 1.82) is 0 Å². The Labute approximate surface area is 186 Å². The van der Waals surface area contributed by atoms with E-state index in [-0.39, 0.29) is 29.7 Å². The average Bonchev–Trinajstić information content (AvgIpc) is 3.18. The van der Waals surface area contributed by atoms with Gasteiger partial charge >= 0.3 is 0 Å². The zero-order valence-electron chi connectivity index (χ0n) is 16.5. The first-order valence-electron chi connectivity index (χ1n) is 8.87. The highest BCUT2D eigenvalue weighted by Gasteiger charge is 2.08. The van der Waals surface area contributed by atoms with Crippen molar-refractivity contribution in [2.75, 3.05) is 14.2 Å². The molecule has 0 saturated heterocycles. The third-order valence-electron chi connectivity index (χ3n) is 4.19. The molecule has 0 saturated carbocycles. The van der Waals surface area contributed by atoms with E-state index in [0.717, 1.165) is 16.8 Å². The van der Waals surface area contributed by atoms with E-state index in [9.17, 15) is 4.39 Å². The van der Waals surface area contributed by atoms with Crippen LogP contribution in [0.25, 0.3) is 11.5 Å². The summed E-state index contributed by atoms with van der Waals surface area (Å²) in [6, 6.07) is 12.8. The lowest BCUT2D eigenvalue weighted by Crippen LogP contribution is -2.36. The molecule has 2 N–H and O–H groups in total. The minimum atomic E-state index is -0.393. The van der Waals surface area contributed by atoms with Crippen LogP contribution in [0.4, 0.5) is 4.39 Å². The van der Waals surface area contributed by atoms with Gasteiger partial charge in [-0.1, -0.05) is 23.8 Å². The Kier molecular flexibility index (Phi) is 8.44. The fraction of sp³-hybridized carbons (Fsp3) is 0.238. The summed E-state index contributed by atoms with van der Waals surface area (Å²) < 4.78 is 24.3. The van der Waals surface area contributed by atoms with Crippen LogP contribution in [0.1, 0.15) is 16.8 Å². The molecule has 2 aromatic carbocycles. The quantitative estimate of drug-likeness (QED) is 0.294. The van der Waals surface area contributed by atoms with Gasteiger partial charge in [0.15, 0.2) is 17.5 Å². The maximum absolute atomic E-state index is 13.8. The molecular formula is C21H24FIN4O2. The van der Waals surface area contributed by atoms with E-state index >= 15 is 0 Å². The summed E-state index contributed by atoms with van der Waals surface area (Å²) in [7, 11) is 3.11. The fourth-order valence-corrected chi connectivity index (χ4v) is 2.62. The number of guanidine groups is 1. The molecule has 6 nitrogen and oxygen atoms in total. The molecule has 0 aliphatic heterocycles. The number of benzene rings is 2. The lowest BCUT2D eigenvalue weighted by atomic mass is 10.1. The first-order chi connectivity index (χ1) is 13.6. The van der Waals surface area contributed by atoms with Gasteiger partial charge < -0.3 is 19.8 Å². The number of aryl methyl sites for hydroxylation is 1. The van der Waals surface area contributed by atoms with Crippen molar-refractivity contribution in [2.45, 2.75) is 20.0 Å². The average molecular weight is 510 g/mol. The third-order valence-corrected chi connectivity index (χ3v) is 4.19. The number of rotatable bonds is 6. The largest absolute Gasteiger partial charge is 0.494 e. The standard InChI is InChI=1S/C21H23FN4O2.HI/c1-14-4-7-16(8-5-14)20-26-17(13-28-20)12-25-21(23-2)24-11-15-6-9-19(27-3)18(22)10-15;/h4-10,13H,11-12H2,1-3H3,(H2,23,24,25);1H. The molecule has 29 heavy (non-hydrogen) atoms. The number of nitrogens with zero attached hydrogens (tertiary/aromatic N) is 2. The van der Waals surface area contributed by atoms with Gasteiger partial charge in [-0.25, -0.2) is 9.37 Å². The summed E-state index contributed by atoms with van der Waals surface area (Å²) in [6.07, 6.45) is 1.62. The summed E-state index contributed by atoms with van der Waals surface area (Å²) in [5.74, 6) is 0.988. The van der Waals surface area contributed by atoms with E-state index in [1.165, 1.54) is 18.7 Å². The molecule has 3 rings (SSSR count). The van der Waals surface area contributed by atoms with Crippen LogP contribution in [0, 0.1) is 12.7 Å². The van der Waals surface area contributed by atoms with Gasteiger partial charge in [0.25, 0.3) is 0 Å². The molecule has 1 aromatic heterocycles. The normalized spacial score (nSPS) is 11.0. The van der Waals surface area contributed by atoms with Crippen molar-refractivity contribution in [3.8, 4) is 17.2 Å². The van der Waals surface area contributed by atoms with Crippen LogP contribution in [0.3, 0.4) is 0 Å². The van der Waals surface area contributed by atoms with Crippen molar-refractivity contribution in [3.63, 3.8) is 0 Å². The molecule has 0 atom stereocenters. The zero-order valence-corrected chi connectivity index (χ0v) is 18.9. The van der Waals surface area contributed by atoms with E-state index in [1.807, 2.05) is 31.2 Å². The Bertz CT molecular complexity index is 958. The Hall–Kier alpha value is -2.62. The summed E-state index contributed by atoms with van der Waals surface area (Å²) in [5, 5.41) is 6.30. The second kappa shape index (κ2) is 10.8. The number of aliphatic imine (C=N–C) groups is 1. The minimum Gasteiger partial charge on any atom is -0.494 e. The Morgan fingerprint density at radius 3 is 2.52 bits per heavy atom. The first kappa shape index (κ1) is 22.7. The van der Waals surface area contributed by atoms with Crippen LogP contribution in [0.2, 0.25) is 0 Å². The first-order valence-corrected chi connectivity index (χ1v) is 8.87. The molecule has 0 radical (unpaired) electrons. The van der Waals surface area contributed by atoms with Crippen LogP contribution >= 0.6 is 24.0 Å². The maximum Gasteiger partial charge on any atom is 0.226 e. The zero-order chi connectivity index (χ0) is 19.9. The topological polar surface area (TPSA) is 71.7 Å². The van der Waals surface area contributed by atoms with Crippen LogP contribution in [0.15, 0.2) is 58.1 Å². The second-order valence-corrected chi connectivity index (χ2v) is 6.26. The van der Waals surface area contributed by atoms with Crippen molar-refractivity contribution >= 4 is 29.9 Å². The highest BCUT2D eigenvalue weighted by Crippen LogP contribution is 2.19. The maximum atomic E-state index is 13.8. The number of nitrogens with one attached hydrogen (secondary N) is 2. The van der Waals surface area contributed by atoms with E-state index in [0.29, 0.717) is 24.9 Å². The van der Waals surface area contributed by atoms with Gasteiger partial charge in [-0.05, 0) is 36.8 Å². The third kappa shape index (κ3) is 6.18. The van der Waals surface area contributed by atoms with Gasteiger partial charge in [-0.2, -0.15) is 0 Å². The van der Waals surface area contributed by atoms with Crippen molar-refractivity contribution < 1.29 is 13.5 Å². The Morgan fingerprint density at radius 1 is 1.14 bits per heavy atom. The smallest absolute Gasteiger partial charge is 0.226 e. The summed E-state index contributed by atoms with van der Waals surface area (Å²) in [4.78, 5) is 8.66. The number of halogens is 2. The molecule has 0 amide bonds. The second-order valence-electron chi connectivity index (χ2n) is 6.26. The molecule has 0 aliphatic carbocycles. The van der Waals surface area contributed by atoms with E-state index in [4.69, 9.17) is 9.15 Å². The number of aromatic nitrogens is 1. The molecule has 0 bridgehead atoms. The number of methoxy groups -OCH3 is 1. The predicted molar refractivity (Wildman–Crippen MR) is 122 cm³/mol. The van der Waals surface area contributed by atoms with E-state index in [2.05, 4.69) is 20.6 Å². The molecular weight excluding hydrogens is 486 g/mol. The highest BCUT2D eigenvalue weighted by atomic mass is 127. The number of hydrogen-bond donors (Lipinski definition) is 2. The van der Waals surface area contributed by atoms with Gasteiger partial charge in [0.2, 0.25) is 5.89 Å². The summed E-state index contributed by atoms with van der Waals surface area (Å²) >= 11 is 0. The van der Waals surface area contributed by atoms with Gasteiger partial charge in [-0.3, -0.25) is 4.99 Å². The molecule has 0 fully saturated rings. The highest BCUT2D eigenvalue weighted by molar-refractivity contribution is 14.0. The molecule has 1 heterocycles. The molecule has 3 aromatic rings. The van der Waals surface area contributed by atoms with Crippen LogP contribution in [-0.2, 0) is 13.1 Å². The van der Waals surface area contributed by atoms with Gasteiger partial charge in [0, 0.05) is 19.2 Å². The SMILES string of the molecule is CN=C(NCc1ccc(OC)c(F)c1)NCc1coc(-c2ccc(C)cc2)n1.I. The van der Waals surface area contributed by atoms with Gasteiger partial charge in [-0.15, -0.1) is 24.0 Å². The molecule has 8 heteroatoms. The Balaban J connectivity index is 0.00000300. The molecule has 0 unspecified atom stereocenters. The monoisotopic (exact) mass is 510 g/mol. The minimum absolute atomic E-state index is 0. The van der Waals surface area contributed by atoms with Crippen molar-refractivity contribution in [3.05, 3.63) is 71.4 Å².